The molecule has 1 rings (SSSR count). The molecule has 0 aliphatic heterocycles. The quantitative estimate of drug-likeness (QED) is 0.776. The van der Waals surface area contributed by atoms with Crippen molar-refractivity contribution in [2.75, 3.05) is 20.8 Å². The molecular weight excluding hydrogens is 214 g/mol. The summed E-state index contributed by atoms with van der Waals surface area (Å²) in [7, 11) is 3.08. The number of ether oxygens (including phenoxy) is 2. The molecule has 1 aromatic rings. The van der Waals surface area contributed by atoms with Gasteiger partial charge in [0.15, 0.2) is 6.29 Å². The van der Waals surface area contributed by atoms with Crippen LogP contribution in [0.4, 0.5) is 0 Å². The lowest BCUT2D eigenvalue weighted by Crippen LogP contribution is -2.34. The van der Waals surface area contributed by atoms with Crippen LogP contribution in [-0.4, -0.2) is 33.0 Å². The largest absolute Gasteiger partial charge is 0.354 e. The van der Waals surface area contributed by atoms with Gasteiger partial charge in [0.1, 0.15) is 0 Å². The molecule has 1 N–H and O–H groups in total. The third-order valence-corrected chi connectivity index (χ3v) is 2.92. The summed E-state index contributed by atoms with van der Waals surface area (Å²) in [4.78, 5) is 11.6. The van der Waals surface area contributed by atoms with Crippen LogP contribution >= 0.6 is 11.3 Å². The molecule has 1 heterocycles. The number of amides is 1. The molecule has 0 radical (unpaired) electrons. The molecule has 0 saturated carbocycles. The first-order valence-corrected chi connectivity index (χ1v) is 5.50. The predicted octanol–water partition coefficient (Wildman–Crippen LogP) is 1.41. The van der Waals surface area contributed by atoms with Crippen molar-refractivity contribution in [1.29, 1.82) is 0 Å². The molecule has 0 spiro atoms. The Morgan fingerprint density at radius 3 is 2.60 bits per heavy atom. The highest BCUT2D eigenvalue weighted by atomic mass is 32.1. The number of carbonyl (C=O) groups excluding carboxylic acids is 1. The van der Waals surface area contributed by atoms with Gasteiger partial charge in [-0.1, -0.05) is 0 Å². The van der Waals surface area contributed by atoms with E-state index in [4.69, 9.17) is 9.47 Å². The van der Waals surface area contributed by atoms with Crippen LogP contribution in [0.25, 0.3) is 0 Å². The van der Waals surface area contributed by atoms with Crippen LogP contribution in [0.15, 0.2) is 10.8 Å². The van der Waals surface area contributed by atoms with Crippen molar-refractivity contribution in [3.05, 3.63) is 21.9 Å². The van der Waals surface area contributed by atoms with Crippen LogP contribution in [0, 0.1) is 6.92 Å². The summed E-state index contributed by atoms with van der Waals surface area (Å²) in [5, 5.41) is 6.52. The van der Waals surface area contributed by atoms with Crippen LogP contribution < -0.4 is 5.32 Å². The fraction of sp³-hybridized carbons (Fsp3) is 0.500. The molecule has 15 heavy (non-hydrogen) atoms. The van der Waals surface area contributed by atoms with E-state index in [9.17, 15) is 4.79 Å². The smallest absolute Gasteiger partial charge is 0.252 e. The number of nitrogens with one attached hydrogen (secondary N) is 1. The molecule has 4 nitrogen and oxygen atoms in total. The Morgan fingerprint density at radius 2 is 2.13 bits per heavy atom. The average molecular weight is 229 g/mol. The van der Waals surface area contributed by atoms with Crippen LogP contribution in [0.3, 0.4) is 0 Å². The molecule has 1 amide bonds. The Balaban J connectivity index is 2.47. The van der Waals surface area contributed by atoms with E-state index in [0.29, 0.717) is 12.1 Å². The van der Waals surface area contributed by atoms with Crippen LogP contribution in [0.2, 0.25) is 0 Å². The van der Waals surface area contributed by atoms with Crippen molar-refractivity contribution >= 4 is 17.2 Å². The Labute approximate surface area is 93.2 Å². The minimum absolute atomic E-state index is 0.0900. The van der Waals surface area contributed by atoms with Gasteiger partial charge in [-0.2, -0.15) is 11.3 Å². The Hall–Kier alpha value is -0.910. The highest BCUT2D eigenvalue weighted by molar-refractivity contribution is 7.08. The van der Waals surface area contributed by atoms with Crippen LogP contribution in [0.1, 0.15) is 15.9 Å². The summed E-state index contributed by atoms with van der Waals surface area (Å²) >= 11 is 1.52. The number of methoxy groups -OCH3 is 2. The second-order valence-corrected chi connectivity index (χ2v) is 3.82. The summed E-state index contributed by atoms with van der Waals surface area (Å²) in [5.74, 6) is -0.0900. The first-order valence-electron chi connectivity index (χ1n) is 4.55. The van der Waals surface area contributed by atoms with Gasteiger partial charge in [-0.3, -0.25) is 4.79 Å². The SMILES string of the molecule is COC(CNC(=O)c1cscc1C)OC. The second-order valence-electron chi connectivity index (χ2n) is 3.08. The van der Waals surface area contributed by atoms with E-state index in [2.05, 4.69) is 5.32 Å². The standard InChI is InChI=1S/C10H15NO3S/c1-7-5-15-6-8(7)10(12)11-4-9(13-2)14-3/h5-6,9H,4H2,1-3H3,(H,11,12). The van der Waals surface area contributed by atoms with Crippen molar-refractivity contribution in [3.8, 4) is 0 Å². The summed E-state index contributed by atoms with van der Waals surface area (Å²) < 4.78 is 9.93. The summed E-state index contributed by atoms with van der Waals surface area (Å²) in [6, 6.07) is 0. The first-order chi connectivity index (χ1) is 7.19. The van der Waals surface area contributed by atoms with Gasteiger partial charge in [-0.25, -0.2) is 0 Å². The fourth-order valence-electron chi connectivity index (χ4n) is 1.13. The molecule has 0 saturated heterocycles. The average Bonchev–Trinajstić information content (AvgIpc) is 2.66. The van der Waals surface area contributed by atoms with Crippen molar-refractivity contribution in [3.63, 3.8) is 0 Å². The third-order valence-electron chi connectivity index (χ3n) is 2.06. The molecule has 0 atom stereocenters. The Bertz CT molecular complexity index is 320. The highest BCUT2D eigenvalue weighted by Crippen LogP contribution is 2.13. The number of aryl methyl sites for hydroxylation is 1. The van der Waals surface area contributed by atoms with Gasteiger partial charge in [0.2, 0.25) is 0 Å². The van der Waals surface area contributed by atoms with E-state index >= 15 is 0 Å². The molecule has 0 unspecified atom stereocenters. The molecule has 1 aromatic heterocycles. The fourth-order valence-corrected chi connectivity index (χ4v) is 1.96. The zero-order valence-electron chi connectivity index (χ0n) is 9.07. The van der Waals surface area contributed by atoms with E-state index in [-0.39, 0.29) is 5.91 Å². The monoisotopic (exact) mass is 229 g/mol. The lowest BCUT2D eigenvalue weighted by atomic mass is 10.2. The molecule has 0 bridgehead atoms. The number of hydrogen-bond acceptors (Lipinski definition) is 4. The minimum atomic E-state index is -0.395. The molecular formula is C10H15NO3S. The van der Waals surface area contributed by atoms with Gasteiger partial charge < -0.3 is 14.8 Å². The van der Waals surface area contributed by atoms with Gasteiger partial charge >= 0.3 is 0 Å². The van der Waals surface area contributed by atoms with E-state index in [1.54, 1.807) is 0 Å². The van der Waals surface area contributed by atoms with Crippen molar-refractivity contribution in [2.24, 2.45) is 0 Å². The molecule has 0 fully saturated rings. The molecule has 0 aliphatic rings. The maximum atomic E-state index is 11.6. The maximum absolute atomic E-state index is 11.6. The number of carbonyl (C=O) groups is 1. The van der Waals surface area contributed by atoms with Gasteiger partial charge in [-0.05, 0) is 17.9 Å². The van der Waals surface area contributed by atoms with Crippen LogP contribution in [0.5, 0.6) is 0 Å². The second kappa shape index (κ2) is 5.85. The zero-order valence-corrected chi connectivity index (χ0v) is 9.89. The summed E-state index contributed by atoms with van der Waals surface area (Å²) in [6.45, 7) is 2.26. The first kappa shape index (κ1) is 12.2. The van der Waals surface area contributed by atoms with Crippen molar-refractivity contribution < 1.29 is 14.3 Å². The normalized spacial score (nSPS) is 10.7. The lowest BCUT2D eigenvalue weighted by molar-refractivity contribution is -0.0974. The summed E-state index contributed by atoms with van der Waals surface area (Å²) in [5.41, 5.74) is 1.70. The highest BCUT2D eigenvalue weighted by Gasteiger charge is 2.11. The van der Waals surface area contributed by atoms with E-state index in [1.165, 1.54) is 25.6 Å². The van der Waals surface area contributed by atoms with Gasteiger partial charge in [0, 0.05) is 19.6 Å². The van der Waals surface area contributed by atoms with Gasteiger partial charge in [-0.15, -0.1) is 0 Å². The van der Waals surface area contributed by atoms with E-state index < -0.39 is 6.29 Å². The molecule has 5 heteroatoms. The molecule has 84 valence electrons. The van der Waals surface area contributed by atoms with Crippen LogP contribution in [-0.2, 0) is 9.47 Å². The van der Waals surface area contributed by atoms with Gasteiger partial charge in [0.25, 0.3) is 5.91 Å². The van der Waals surface area contributed by atoms with Gasteiger partial charge in [0.05, 0.1) is 12.1 Å². The predicted molar refractivity (Wildman–Crippen MR) is 59.2 cm³/mol. The number of thiophene rings is 1. The molecule has 0 aromatic carbocycles. The zero-order chi connectivity index (χ0) is 11.3. The molecule has 0 aliphatic carbocycles. The van der Waals surface area contributed by atoms with Crippen molar-refractivity contribution in [1.82, 2.24) is 5.32 Å². The Kier molecular flexibility index (Phi) is 4.74. The lowest BCUT2D eigenvalue weighted by Gasteiger charge is -2.13. The van der Waals surface area contributed by atoms with E-state index in [1.807, 2.05) is 17.7 Å². The topological polar surface area (TPSA) is 47.6 Å². The Morgan fingerprint density at radius 1 is 1.47 bits per heavy atom. The third kappa shape index (κ3) is 3.30. The minimum Gasteiger partial charge on any atom is -0.354 e. The van der Waals surface area contributed by atoms with E-state index in [0.717, 1.165) is 5.56 Å². The van der Waals surface area contributed by atoms with Crippen molar-refractivity contribution in [2.45, 2.75) is 13.2 Å². The summed E-state index contributed by atoms with van der Waals surface area (Å²) in [6.07, 6.45) is -0.395. The maximum Gasteiger partial charge on any atom is 0.252 e. The number of rotatable bonds is 5. The number of hydrogen-bond donors (Lipinski definition) is 1.